The highest BCUT2D eigenvalue weighted by Gasteiger charge is 2.19. The lowest BCUT2D eigenvalue weighted by atomic mass is 9.97. The molecule has 0 aliphatic carbocycles. The Morgan fingerprint density at radius 1 is 1.00 bits per heavy atom. The Kier molecular flexibility index (Phi) is 3.29. The minimum Gasteiger partial charge on any atom is -0.478 e. The van der Waals surface area contributed by atoms with Crippen LogP contribution in [0.3, 0.4) is 0 Å². The second-order valence-corrected chi connectivity index (χ2v) is 4.08. The van der Waals surface area contributed by atoms with Gasteiger partial charge in [-0.1, -0.05) is 17.7 Å². The van der Waals surface area contributed by atoms with E-state index in [1.165, 1.54) is 12.1 Å². The molecule has 98 valence electrons. The summed E-state index contributed by atoms with van der Waals surface area (Å²) in [7, 11) is 0. The van der Waals surface area contributed by atoms with Gasteiger partial charge in [0, 0.05) is 5.56 Å². The third-order valence-corrected chi connectivity index (χ3v) is 2.73. The topological polar surface area (TPSA) is 37.3 Å². The molecule has 2 rings (SSSR count). The van der Waals surface area contributed by atoms with Gasteiger partial charge < -0.3 is 5.11 Å². The van der Waals surface area contributed by atoms with Crippen LogP contribution >= 0.6 is 0 Å². The number of rotatable bonds is 2. The summed E-state index contributed by atoms with van der Waals surface area (Å²) in [5, 5.41) is 9.08. The predicted molar refractivity (Wildman–Crippen MR) is 63.4 cm³/mol. The molecule has 0 atom stereocenters. The molecule has 0 bridgehead atoms. The molecule has 1 N–H and O–H groups in total. The minimum atomic E-state index is -1.62. The maximum absolute atomic E-state index is 13.7. The Labute approximate surface area is 107 Å². The van der Waals surface area contributed by atoms with E-state index < -0.39 is 23.4 Å². The van der Waals surface area contributed by atoms with E-state index in [2.05, 4.69) is 0 Å². The molecule has 0 saturated heterocycles. The molecule has 0 amide bonds. The van der Waals surface area contributed by atoms with E-state index in [9.17, 15) is 18.0 Å². The smallest absolute Gasteiger partial charge is 0.336 e. The molecular weight excluding hydrogens is 257 g/mol. The first kappa shape index (κ1) is 13.1. The average Bonchev–Trinajstić information content (AvgIpc) is 2.37. The first-order valence-corrected chi connectivity index (χ1v) is 5.39. The van der Waals surface area contributed by atoms with Crippen LogP contribution in [-0.4, -0.2) is 11.1 Å². The Morgan fingerprint density at radius 3 is 2.26 bits per heavy atom. The SMILES string of the molecule is Cc1ccc(-c2ccc(F)c(F)c2F)c(C(=O)O)c1. The standard InChI is InChI=1S/C14H9F3O2/c1-7-2-3-8(10(6-7)14(18)19)9-4-5-11(15)13(17)12(9)16/h2-6H,1H3,(H,18,19). The van der Waals surface area contributed by atoms with Crippen molar-refractivity contribution < 1.29 is 23.1 Å². The van der Waals surface area contributed by atoms with Crippen molar-refractivity contribution in [1.29, 1.82) is 0 Å². The highest BCUT2D eigenvalue weighted by Crippen LogP contribution is 2.29. The Bertz CT molecular complexity index is 666. The fourth-order valence-corrected chi connectivity index (χ4v) is 1.80. The lowest BCUT2D eigenvalue weighted by molar-refractivity contribution is 0.0697. The van der Waals surface area contributed by atoms with Crippen LogP contribution in [0.2, 0.25) is 0 Å². The summed E-state index contributed by atoms with van der Waals surface area (Å²) in [4.78, 5) is 11.1. The van der Waals surface area contributed by atoms with Crippen LogP contribution < -0.4 is 0 Å². The molecular formula is C14H9F3O2. The van der Waals surface area contributed by atoms with E-state index in [0.29, 0.717) is 5.56 Å². The summed E-state index contributed by atoms with van der Waals surface area (Å²) in [5.41, 5.74) is 0.236. The van der Waals surface area contributed by atoms with Gasteiger partial charge in [-0.15, -0.1) is 0 Å². The van der Waals surface area contributed by atoms with Crippen LogP contribution in [0.1, 0.15) is 15.9 Å². The summed E-state index contributed by atoms with van der Waals surface area (Å²) in [6.45, 7) is 1.68. The van der Waals surface area contributed by atoms with Gasteiger partial charge in [-0.05, 0) is 30.7 Å². The molecule has 0 spiro atoms. The van der Waals surface area contributed by atoms with Crippen molar-refractivity contribution in [2.75, 3.05) is 0 Å². The molecule has 0 heterocycles. The molecule has 0 aliphatic heterocycles. The average molecular weight is 266 g/mol. The largest absolute Gasteiger partial charge is 0.478 e. The molecule has 0 radical (unpaired) electrons. The Morgan fingerprint density at radius 2 is 1.63 bits per heavy atom. The fraction of sp³-hybridized carbons (Fsp3) is 0.0714. The number of carbonyl (C=O) groups is 1. The molecule has 0 aliphatic rings. The first-order valence-electron chi connectivity index (χ1n) is 5.39. The summed E-state index contributed by atoms with van der Waals surface area (Å²) in [6, 6.07) is 6.07. The Hall–Kier alpha value is -2.30. The zero-order valence-electron chi connectivity index (χ0n) is 9.88. The monoisotopic (exact) mass is 266 g/mol. The zero-order chi connectivity index (χ0) is 14.2. The number of benzene rings is 2. The van der Waals surface area contributed by atoms with Crippen molar-refractivity contribution in [1.82, 2.24) is 0 Å². The van der Waals surface area contributed by atoms with E-state index >= 15 is 0 Å². The van der Waals surface area contributed by atoms with Crippen molar-refractivity contribution in [3.8, 4) is 11.1 Å². The molecule has 0 fully saturated rings. The van der Waals surface area contributed by atoms with Gasteiger partial charge in [0.15, 0.2) is 17.5 Å². The fourth-order valence-electron chi connectivity index (χ4n) is 1.80. The second-order valence-electron chi connectivity index (χ2n) is 4.08. The van der Waals surface area contributed by atoms with Crippen molar-refractivity contribution in [3.05, 3.63) is 58.9 Å². The van der Waals surface area contributed by atoms with Crippen LogP contribution in [0.4, 0.5) is 13.2 Å². The van der Waals surface area contributed by atoms with Crippen molar-refractivity contribution in [2.24, 2.45) is 0 Å². The molecule has 0 aromatic heterocycles. The number of carboxylic acid groups (broad SMARTS) is 1. The van der Waals surface area contributed by atoms with Crippen LogP contribution in [0, 0.1) is 24.4 Å². The zero-order valence-corrected chi connectivity index (χ0v) is 9.88. The van der Waals surface area contributed by atoms with E-state index in [1.54, 1.807) is 13.0 Å². The third kappa shape index (κ3) is 2.31. The maximum atomic E-state index is 13.7. The third-order valence-electron chi connectivity index (χ3n) is 2.73. The lowest BCUT2D eigenvalue weighted by Gasteiger charge is -2.09. The van der Waals surface area contributed by atoms with E-state index in [-0.39, 0.29) is 16.7 Å². The van der Waals surface area contributed by atoms with E-state index in [1.807, 2.05) is 0 Å². The summed E-state index contributed by atoms with van der Waals surface area (Å²) in [5.74, 6) is -5.59. The number of halogens is 3. The van der Waals surface area contributed by atoms with Crippen LogP contribution in [0.15, 0.2) is 30.3 Å². The second kappa shape index (κ2) is 4.76. The highest BCUT2D eigenvalue weighted by molar-refractivity contribution is 5.96. The van der Waals surface area contributed by atoms with Crippen molar-refractivity contribution in [3.63, 3.8) is 0 Å². The summed E-state index contributed by atoms with van der Waals surface area (Å²) in [6.07, 6.45) is 0. The van der Waals surface area contributed by atoms with Gasteiger partial charge in [0.1, 0.15) is 0 Å². The van der Waals surface area contributed by atoms with Gasteiger partial charge in [-0.2, -0.15) is 0 Å². The number of aryl methyl sites for hydroxylation is 1. The predicted octanol–water partition coefficient (Wildman–Crippen LogP) is 3.78. The van der Waals surface area contributed by atoms with Gasteiger partial charge in [-0.25, -0.2) is 18.0 Å². The van der Waals surface area contributed by atoms with E-state index in [4.69, 9.17) is 5.11 Å². The summed E-state index contributed by atoms with van der Waals surface area (Å²) < 4.78 is 39.7. The van der Waals surface area contributed by atoms with Crippen LogP contribution in [0.5, 0.6) is 0 Å². The van der Waals surface area contributed by atoms with Crippen LogP contribution in [-0.2, 0) is 0 Å². The molecule has 2 nitrogen and oxygen atoms in total. The molecule has 2 aromatic rings. The molecule has 0 unspecified atom stereocenters. The van der Waals surface area contributed by atoms with Crippen molar-refractivity contribution >= 4 is 5.97 Å². The van der Waals surface area contributed by atoms with E-state index in [0.717, 1.165) is 12.1 Å². The molecule has 2 aromatic carbocycles. The molecule has 5 heteroatoms. The maximum Gasteiger partial charge on any atom is 0.336 e. The first-order chi connectivity index (χ1) is 8.91. The minimum absolute atomic E-state index is 0.00880. The van der Waals surface area contributed by atoms with Gasteiger partial charge in [-0.3, -0.25) is 0 Å². The summed E-state index contributed by atoms with van der Waals surface area (Å²) >= 11 is 0. The number of hydrogen-bond acceptors (Lipinski definition) is 1. The van der Waals surface area contributed by atoms with Gasteiger partial charge >= 0.3 is 5.97 Å². The van der Waals surface area contributed by atoms with Gasteiger partial charge in [0.05, 0.1) is 5.56 Å². The highest BCUT2D eigenvalue weighted by atomic mass is 19.2. The molecule has 0 saturated carbocycles. The Balaban J connectivity index is 2.72. The number of hydrogen-bond donors (Lipinski definition) is 1. The number of aromatic carboxylic acids is 1. The van der Waals surface area contributed by atoms with Gasteiger partial charge in [0.2, 0.25) is 0 Å². The van der Waals surface area contributed by atoms with Gasteiger partial charge in [0.25, 0.3) is 0 Å². The lowest BCUT2D eigenvalue weighted by Crippen LogP contribution is -2.02. The number of carboxylic acids is 1. The van der Waals surface area contributed by atoms with Crippen LogP contribution in [0.25, 0.3) is 11.1 Å². The van der Waals surface area contributed by atoms with Crippen molar-refractivity contribution in [2.45, 2.75) is 6.92 Å². The molecule has 19 heavy (non-hydrogen) atoms. The quantitative estimate of drug-likeness (QED) is 0.840. The normalized spacial score (nSPS) is 10.5.